The molecule has 21 nitrogen and oxygen atoms in total. The molecule has 0 unspecified atom stereocenters. The molecular formula is C52H73N7O14. The first-order chi connectivity index (χ1) is 35.0. The smallest absolute Gasteiger partial charge is 0.311 e. The van der Waals surface area contributed by atoms with Gasteiger partial charge >= 0.3 is 5.69 Å². The van der Waals surface area contributed by atoms with E-state index < -0.39 is 102 Å². The first-order valence-electron chi connectivity index (χ1n) is 25.2. The first-order valence-corrected chi connectivity index (χ1v) is 25.2. The van der Waals surface area contributed by atoms with Gasteiger partial charge in [0.1, 0.15) is 42.5 Å². The fourth-order valence-corrected chi connectivity index (χ4v) is 8.77. The summed E-state index contributed by atoms with van der Waals surface area (Å²) in [5.74, 6) is -3.95. The Balaban J connectivity index is 1.51. The van der Waals surface area contributed by atoms with Crippen LogP contribution in [0.5, 0.6) is 23.0 Å². The number of unbranched alkanes of at least 4 members (excludes halogenated alkanes) is 8. The standard InChI is InChI=1S/C52H73N7O14/c1-5-6-7-8-9-10-11-12-16-19-43(61)58-45-47(64)46(63)42(30-60)73-52(45)72-41-27-34-26-40(48(41)70-4)71-39-21-20-33(25-38(39)59(68)69)24-37(57-50(66)35(22-31(2)3)55-44(62)28-53)51(67)56-36(49(65)54-29-34)23-32-17-14-13-15-18-32/h13-15,17-18,20-21,25-27,31,35-37,42,45-47,52,60,63-64H,5-12,16,19,22-24,28-30,53H2,1-4H3,(H,54,65)(H,55,62)(H,56,67)(H,57,66)(H,58,61)/t35-,36+,37-,42-,45-,46-,47-,52-/m1/s1. The second kappa shape index (κ2) is 28.7. The summed E-state index contributed by atoms with van der Waals surface area (Å²) < 4.78 is 24.4. The molecule has 3 heterocycles. The number of nitrogens with one attached hydrogen (secondary N) is 5. The molecule has 3 aromatic carbocycles. The van der Waals surface area contributed by atoms with Crippen molar-refractivity contribution >= 4 is 35.2 Å². The minimum Gasteiger partial charge on any atom is -0.490 e. The van der Waals surface area contributed by atoms with Gasteiger partial charge in [-0.25, -0.2) is 0 Å². The van der Waals surface area contributed by atoms with Crippen LogP contribution in [0.3, 0.4) is 0 Å². The second-order valence-corrected chi connectivity index (χ2v) is 19.0. The minimum absolute atomic E-state index is 0.00142. The molecule has 1 fully saturated rings. The molecule has 4 bridgehead atoms. The SMILES string of the molecule is CCCCCCCCCCCC(=O)N[C@H]1[C@H](Oc2cc3cc(c2OC)Oc2ccc(cc2[N+](=O)[O-])C[C@@H](NC(=O)[C@@H](CC(C)C)NC(=O)CN)C(=O)N[C@@H](Cc2ccccc2)C(=O)NC3)O[C@H](CO)[C@@H](O)[C@@H]1O. The maximum atomic E-state index is 14.4. The van der Waals surface area contributed by atoms with E-state index in [9.17, 15) is 49.4 Å². The Morgan fingerprint density at radius 2 is 1.59 bits per heavy atom. The third-order valence-corrected chi connectivity index (χ3v) is 12.7. The molecule has 21 heteroatoms. The van der Waals surface area contributed by atoms with Crippen molar-refractivity contribution < 1.29 is 63.2 Å². The second-order valence-electron chi connectivity index (χ2n) is 19.0. The summed E-state index contributed by atoms with van der Waals surface area (Å²) in [6, 6.07) is 10.6. The maximum Gasteiger partial charge on any atom is 0.311 e. The molecule has 0 aliphatic carbocycles. The first kappa shape index (κ1) is 57.5. The van der Waals surface area contributed by atoms with E-state index in [1.54, 1.807) is 30.3 Å². The number of nitrogens with zero attached hydrogens (tertiary/aromatic N) is 1. The highest BCUT2D eigenvalue weighted by Gasteiger charge is 2.47. The molecule has 8 atom stereocenters. The molecule has 0 aromatic heterocycles. The molecule has 400 valence electrons. The number of carbonyl (C=O) groups is 5. The van der Waals surface area contributed by atoms with Gasteiger partial charge in [-0.1, -0.05) is 109 Å². The normalized spacial score (nSPS) is 21.5. The number of benzene rings is 3. The summed E-state index contributed by atoms with van der Waals surface area (Å²) >= 11 is 0. The summed E-state index contributed by atoms with van der Waals surface area (Å²) in [4.78, 5) is 80.4. The zero-order valence-corrected chi connectivity index (χ0v) is 42.1. The fourth-order valence-electron chi connectivity index (χ4n) is 8.77. The van der Waals surface area contributed by atoms with Gasteiger partial charge in [0.2, 0.25) is 47.3 Å². The molecule has 6 rings (SSSR count). The van der Waals surface area contributed by atoms with E-state index >= 15 is 0 Å². The lowest BCUT2D eigenvalue weighted by Crippen LogP contribution is -2.65. The molecular weight excluding hydrogens is 947 g/mol. The van der Waals surface area contributed by atoms with E-state index in [-0.39, 0.29) is 72.3 Å². The van der Waals surface area contributed by atoms with Crippen molar-refractivity contribution in [3.05, 3.63) is 87.5 Å². The zero-order chi connectivity index (χ0) is 53.0. The predicted molar refractivity (Wildman–Crippen MR) is 268 cm³/mol. The molecule has 0 saturated carbocycles. The highest BCUT2D eigenvalue weighted by Crippen LogP contribution is 2.44. The molecule has 5 amide bonds. The van der Waals surface area contributed by atoms with Gasteiger partial charge in [0, 0.05) is 31.9 Å². The lowest BCUT2D eigenvalue weighted by Gasteiger charge is -2.42. The van der Waals surface area contributed by atoms with Crippen LogP contribution in [-0.4, -0.2) is 119 Å². The number of hydrogen-bond donors (Lipinski definition) is 9. The maximum absolute atomic E-state index is 14.4. The molecule has 3 aromatic rings. The monoisotopic (exact) mass is 1020 g/mol. The number of nitro groups is 1. The summed E-state index contributed by atoms with van der Waals surface area (Å²) in [6.45, 7) is 4.47. The van der Waals surface area contributed by atoms with Crippen molar-refractivity contribution in [2.45, 2.75) is 160 Å². The number of methoxy groups -OCH3 is 1. The Labute approximate surface area is 425 Å². The number of aliphatic hydroxyl groups excluding tert-OH is 3. The van der Waals surface area contributed by atoms with E-state index in [4.69, 9.17) is 24.7 Å². The largest absolute Gasteiger partial charge is 0.490 e. The van der Waals surface area contributed by atoms with Gasteiger partial charge in [0.05, 0.1) is 25.2 Å². The molecule has 3 aliphatic rings. The van der Waals surface area contributed by atoms with Crippen LogP contribution in [0.1, 0.15) is 108 Å². The van der Waals surface area contributed by atoms with Gasteiger partial charge in [-0.2, -0.15) is 0 Å². The van der Waals surface area contributed by atoms with E-state index in [2.05, 4.69) is 33.5 Å². The van der Waals surface area contributed by atoms with Crippen LogP contribution in [0.2, 0.25) is 0 Å². The number of rotatable bonds is 24. The van der Waals surface area contributed by atoms with Crippen LogP contribution in [0, 0.1) is 16.0 Å². The van der Waals surface area contributed by atoms with Gasteiger partial charge in [-0.3, -0.25) is 34.1 Å². The topological polar surface area (TPSA) is 312 Å². The Kier molecular flexibility index (Phi) is 22.6. The van der Waals surface area contributed by atoms with Crippen LogP contribution < -0.4 is 46.5 Å². The van der Waals surface area contributed by atoms with E-state index in [1.165, 1.54) is 63.1 Å². The van der Waals surface area contributed by atoms with E-state index in [0.717, 1.165) is 25.7 Å². The van der Waals surface area contributed by atoms with Crippen molar-refractivity contribution in [2.24, 2.45) is 11.7 Å². The number of carbonyl (C=O) groups excluding carboxylic acids is 5. The quantitative estimate of drug-likeness (QED) is 0.0353. The van der Waals surface area contributed by atoms with Crippen LogP contribution in [0.25, 0.3) is 0 Å². The van der Waals surface area contributed by atoms with Crippen LogP contribution >= 0.6 is 0 Å². The number of amides is 5. The molecule has 1 saturated heterocycles. The summed E-state index contributed by atoms with van der Waals surface area (Å²) in [5, 5.41) is 58.8. The fraction of sp³-hybridized carbons (Fsp3) is 0.558. The number of aliphatic hydroxyl groups is 3. The third kappa shape index (κ3) is 17.1. The van der Waals surface area contributed by atoms with Gasteiger partial charge in [-0.05, 0) is 53.6 Å². The Morgan fingerprint density at radius 3 is 2.23 bits per heavy atom. The highest BCUT2D eigenvalue weighted by molar-refractivity contribution is 5.94. The van der Waals surface area contributed by atoms with Crippen LogP contribution in [0.15, 0.2) is 60.7 Å². The minimum atomic E-state index is -1.67. The number of fused-ring (bicyclic) bond motifs is 9. The summed E-state index contributed by atoms with van der Waals surface area (Å²) in [5.41, 5.74) is 6.16. The molecule has 10 N–H and O–H groups in total. The summed E-state index contributed by atoms with van der Waals surface area (Å²) in [6.07, 6.45) is 3.12. The lowest BCUT2D eigenvalue weighted by molar-refractivity contribution is -0.385. The van der Waals surface area contributed by atoms with Crippen molar-refractivity contribution in [1.29, 1.82) is 0 Å². The Hall–Kier alpha value is -6.39. The van der Waals surface area contributed by atoms with Crippen LogP contribution in [-0.2, 0) is 48.1 Å². The van der Waals surface area contributed by atoms with Gasteiger partial charge in [0.25, 0.3) is 0 Å². The Bertz CT molecular complexity index is 2320. The molecule has 73 heavy (non-hydrogen) atoms. The number of hydrogen-bond acceptors (Lipinski definition) is 15. The molecule has 0 radical (unpaired) electrons. The molecule has 3 aliphatic heterocycles. The van der Waals surface area contributed by atoms with Crippen molar-refractivity contribution in [2.75, 3.05) is 20.3 Å². The molecule has 0 spiro atoms. The average Bonchev–Trinajstić information content (AvgIpc) is 3.36. The van der Waals surface area contributed by atoms with Gasteiger partial charge < -0.3 is 66.6 Å². The Morgan fingerprint density at radius 1 is 0.890 bits per heavy atom. The van der Waals surface area contributed by atoms with E-state index in [0.29, 0.717) is 12.0 Å². The number of ether oxygens (including phenoxy) is 4. The van der Waals surface area contributed by atoms with E-state index in [1.807, 2.05) is 13.8 Å². The third-order valence-electron chi connectivity index (χ3n) is 12.7. The van der Waals surface area contributed by atoms with Gasteiger partial charge in [0.15, 0.2) is 11.5 Å². The number of nitrogens with two attached hydrogens (primary N) is 1. The van der Waals surface area contributed by atoms with Crippen molar-refractivity contribution in [1.82, 2.24) is 26.6 Å². The predicted octanol–water partition coefficient (Wildman–Crippen LogP) is 3.49. The van der Waals surface area contributed by atoms with Crippen molar-refractivity contribution in [3.63, 3.8) is 0 Å². The zero-order valence-electron chi connectivity index (χ0n) is 42.1. The highest BCUT2D eigenvalue weighted by atomic mass is 16.7. The summed E-state index contributed by atoms with van der Waals surface area (Å²) in [7, 11) is 1.28. The van der Waals surface area contributed by atoms with Gasteiger partial charge in [-0.15, -0.1) is 0 Å². The van der Waals surface area contributed by atoms with Crippen molar-refractivity contribution in [3.8, 4) is 23.0 Å². The average molecular weight is 1020 g/mol. The number of nitro benzene ring substituents is 1. The van der Waals surface area contributed by atoms with Crippen LogP contribution in [0.4, 0.5) is 5.69 Å². The lowest BCUT2D eigenvalue weighted by atomic mass is 9.96.